The molecule has 0 spiro atoms. The first-order valence-electron chi connectivity index (χ1n) is 13.5. The van der Waals surface area contributed by atoms with Crippen LogP contribution in [0, 0.1) is 11.8 Å². The van der Waals surface area contributed by atoms with E-state index >= 15 is 0 Å². The zero-order chi connectivity index (χ0) is 26.8. The molecule has 4 rings (SSSR count). The van der Waals surface area contributed by atoms with E-state index in [-0.39, 0.29) is 29.6 Å². The first-order chi connectivity index (χ1) is 18.5. The largest absolute Gasteiger partial charge is 0.494 e. The molecule has 0 radical (unpaired) electrons. The SMILES string of the molecule is CCOC(=O)C1CC1CNCC(CCCOc1cccc(CC(N)=O)c1)(c1ccccc1)c1ccccc1. The van der Waals surface area contributed by atoms with Gasteiger partial charge < -0.3 is 20.5 Å². The summed E-state index contributed by atoms with van der Waals surface area (Å²) in [4.78, 5) is 23.4. The highest BCUT2D eigenvalue weighted by atomic mass is 16.5. The van der Waals surface area contributed by atoms with Gasteiger partial charge in [-0.3, -0.25) is 9.59 Å². The van der Waals surface area contributed by atoms with Crippen LogP contribution in [0.15, 0.2) is 84.9 Å². The number of carbonyl (C=O) groups excluding carboxylic acids is 2. The first kappa shape index (κ1) is 27.4. The van der Waals surface area contributed by atoms with E-state index < -0.39 is 0 Å². The number of rotatable bonds is 15. The summed E-state index contributed by atoms with van der Waals surface area (Å²) in [6.07, 6.45) is 2.80. The van der Waals surface area contributed by atoms with E-state index in [2.05, 4.69) is 53.8 Å². The second-order valence-corrected chi connectivity index (χ2v) is 10.0. The maximum Gasteiger partial charge on any atom is 0.309 e. The van der Waals surface area contributed by atoms with E-state index in [1.54, 1.807) is 0 Å². The van der Waals surface area contributed by atoms with Gasteiger partial charge in [0.2, 0.25) is 5.91 Å². The van der Waals surface area contributed by atoms with Crippen molar-refractivity contribution < 1.29 is 19.1 Å². The maximum atomic E-state index is 12.1. The van der Waals surface area contributed by atoms with Gasteiger partial charge in [-0.15, -0.1) is 0 Å². The fourth-order valence-corrected chi connectivity index (χ4v) is 5.25. The molecule has 0 saturated heterocycles. The number of hydrogen-bond donors (Lipinski definition) is 2. The average molecular weight is 515 g/mol. The number of primary amides is 1. The van der Waals surface area contributed by atoms with Gasteiger partial charge in [-0.1, -0.05) is 72.8 Å². The summed E-state index contributed by atoms with van der Waals surface area (Å²) in [5.74, 6) is 0.655. The van der Waals surface area contributed by atoms with Gasteiger partial charge in [-0.25, -0.2) is 0 Å². The van der Waals surface area contributed by atoms with Crippen LogP contribution in [-0.4, -0.2) is 38.2 Å². The number of esters is 1. The number of nitrogens with one attached hydrogen (secondary N) is 1. The van der Waals surface area contributed by atoms with Crippen molar-refractivity contribution in [2.45, 2.75) is 38.0 Å². The molecule has 3 aromatic carbocycles. The van der Waals surface area contributed by atoms with Crippen molar-refractivity contribution in [3.63, 3.8) is 0 Å². The Hall–Kier alpha value is -3.64. The normalized spacial score (nSPS) is 16.6. The minimum Gasteiger partial charge on any atom is -0.494 e. The summed E-state index contributed by atoms with van der Waals surface area (Å²) < 4.78 is 11.3. The Bertz CT molecular complexity index is 1140. The molecule has 0 heterocycles. The molecule has 3 N–H and O–H groups in total. The molecule has 1 aliphatic carbocycles. The van der Waals surface area contributed by atoms with Gasteiger partial charge >= 0.3 is 5.97 Å². The number of amides is 1. The maximum absolute atomic E-state index is 12.1. The van der Waals surface area contributed by atoms with Crippen LogP contribution in [0.25, 0.3) is 0 Å². The van der Waals surface area contributed by atoms with E-state index in [0.717, 1.165) is 43.7 Å². The van der Waals surface area contributed by atoms with Crippen LogP contribution in [0.4, 0.5) is 0 Å². The second-order valence-electron chi connectivity index (χ2n) is 10.0. The minimum absolute atomic E-state index is 0.0176. The van der Waals surface area contributed by atoms with Crippen molar-refractivity contribution in [2.75, 3.05) is 26.3 Å². The minimum atomic E-state index is -0.357. The molecule has 0 aliphatic heterocycles. The van der Waals surface area contributed by atoms with Crippen LogP contribution in [0.3, 0.4) is 0 Å². The first-order valence-corrected chi connectivity index (χ1v) is 13.5. The predicted molar refractivity (Wildman–Crippen MR) is 149 cm³/mol. The predicted octanol–water partition coefficient (Wildman–Crippen LogP) is 4.65. The summed E-state index contributed by atoms with van der Waals surface area (Å²) in [5.41, 5.74) is 8.44. The zero-order valence-corrected chi connectivity index (χ0v) is 22.1. The topological polar surface area (TPSA) is 90.7 Å². The standard InChI is InChI=1S/C32H38N2O4/c1-2-37-31(36)29-21-25(29)22-34-23-32(26-12-5-3-6-13-26,27-14-7-4-8-15-27)17-10-18-38-28-16-9-11-24(19-28)20-30(33)35/h3-9,11-16,19,25,29,34H,2,10,17-18,20-23H2,1H3,(H2,33,35). The molecule has 1 fully saturated rings. The number of benzene rings is 3. The molecule has 0 bridgehead atoms. The van der Waals surface area contributed by atoms with Crippen molar-refractivity contribution in [3.05, 3.63) is 102 Å². The molecule has 6 heteroatoms. The van der Waals surface area contributed by atoms with Crippen LogP contribution >= 0.6 is 0 Å². The fourth-order valence-electron chi connectivity index (χ4n) is 5.25. The number of nitrogens with two attached hydrogens (primary N) is 1. The fraction of sp³-hybridized carbons (Fsp3) is 0.375. The van der Waals surface area contributed by atoms with E-state index in [9.17, 15) is 9.59 Å². The van der Waals surface area contributed by atoms with Crippen LogP contribution in [0.5, 0.6) is 5.75 Å². The van der Waals surface area contributed by atoms with Gasteiger partial charge in [0.1, 0.15) is 5.75 Å². The highest BCUT2D eigenvalue weighted by molar-refractivity contribution is 5.76. The smallest absolute Gasteiger partial charge is 0.309 e. The molecule has 6 nitrogen and oxygen atoms in total. The molecule has 200 valence electrons. The van der Waals surface area contributed by atoms with Gasteiger partial charge in [0, 0.05) is 12.0 Å². The van der Waals surface area contributed by atoms with Gasteiger partial charge in [-0.2, -0.15) is 0 Å². The van der Waals surface area contributed by atoms with Gasteiger partial charge in [0.05, 0.1) is 25.6 Å². The summed E-state index contributed by atoms with van der Waals surface area (Å²) in [7, 11) is 0. The van der Waals surface area contributed by atoms with Crippen molar-refractivity contribution in [1.82, 2.24) is 5.32 Å². The van der Waals surface area contributed by atoms with Gasteiger partial charge in [0.15, 0.2) is 0 Å². The highest BCUT2D eigenvalue weighted by Crippen LogP contribution is 2.40. The quantitative estimate of drug-likeness (QED) is 0.228. The molecule has 1 amide bonds. The molecule has 2 atom stereocenters. The van der Waals surface area contributed by atoms with Crippen LogP contribution < -0.4 is 15.8 Å². The highest BCUT2D eigenvalue weighted by Gasteiger charge is 2.44. The molecule has 0 aromatic heterocycles. The number of hydrogen-bond acceptors (Lipinski definition) is 5. The lowest BCUT2D eigenvalue weighted by Crippen LogP contribution is -2.40. The van der Waals surface area contributed by atoms with Crippen LogP contribution in [0.2, 0.25) is 0 Å². The second kappa shape index (κ2) is 13.2. The lowest BCUT2D eigenvalue weighted by molar-refractivity contribution is -0.145. The van der Waals surface area contributed by atoms with Gasteiger partial charge in [-0.05, 0) is 67.5 Å². The third kappa shape index (κ3) is 7.23. The summed E-state index contributed by atoms with van der Waals surface area (Å²) >= 11 is 0. The van der Waals surface area contributed by atoms with Crippen LogP contribution in [0.1, 0.15) is 42.9 Å². The summed E-state index contributed by atoms with van der Waals surface area (Å²) in [6.45, 7) is 4.37. The Morgan fingerprint density at radius 2 is 1.66 bits per heavy atom. The van der Waals surface area contributed by atoms with E-state index in [1.165, 1.54) is 11.1 Å². The monoisotopic (exact) mass is 514 g/mol. The average Bonchev–Trinajstić information content (AvgIpc) is 3.71. The van der Waals surface area contributed by atoms with E-state index in [1.807, 2.05) is 43.3 Å². The molecule has 1 aliphatic rings. The number of carbonyl (C=O) groups is 2. The third-order valence-electron chi connectivity index (χ3n) is 7.29. The molecular weight excluding hydrogens is 476 g/mol. The molecule has 3 aromatic rings. The summed E-state index contributed by atoms with van der Waals surface area (Å²) in [6, 6.07) is 28.8. The molecule has 1 saturated carbocycles. The van der Waals surface area contributed by atoms with E-state index in [0.29, 0.717) is 19.1 Å². The molecule has 38 heavy (non-hydrogen) atoms. The summed E-state index contributed by atoms with van der Waals surface area (Å²) in [5, 5.41) is 3.70. The molecular formula is C32H38N2O4. The van der Waals surface area contributed by atoms with Crippen molar-refractivity contribution in [1.29, 1.82) is 0 Å². The van der Waals surface area contributed by atoms with Crippen LogP contribution in [-0.2, 0) is 26.2 Å². The van der Waals surface area contributed by atoms with Crippen molar-refractivity contribution >= 4 is 11.9 Å². The number of ether oxygens (including phenoxy) is 2. The molecule has 2 unspecified atom stereocenters. The lowest BCUT2D eigenvalue weighted by atomic mass is 9.71. The Balaban J connectivity index is 1.46. The zero-order valence-electron chi connectivity index (χ0n) is 22.1. The Kier molecular flexibility index (Phi) is 9.55. The van der Waals surface area contributed by atoms with Crippen molar-refractivity contribution in [3.8, 4) is 5.75 Å². The van der Waals surface area contributed by atoms with Gasteiger partial charge in [0.25, 0.3) is 0 Å². The third-order valence-corrected chi connectivity index (χ3v) is 7.29. The van der Waals surface area contributed by atoms with E-state index in [4.69, 9.17) is 15.2 Å². The Labute approximate surface area is 225 Å². The lowest BCUT2D eigenvalue weighted by Gasteiger charge is -2.36. The Morgan fingerprint density at radius 3 is 2.29 bits per heavy atom. The Morgan fingerprint density at radius 1 is 0.974 bits per heavy atom. The van der Waals surface area contributed by atoms with Crippen molar-refractivity contribution in [2.24, 2.45) is 17.6 Å².